The largest absolute Gasteiger partial charge is 0.508 e. The van der Waals surface area contributed by atoms with Crippen LogP contribution < -0.4 is 0 Å². The minimum atomic E-state index is -0.915. The van der Waals surface area contributed by atoms with Crippen molar-refractivity contribution in [2.24, 2.45) is 5.92 Å². The molecule has 3 nitrogen and oxygen atoms in total. The summed E-state index contributed by atoms with van der Waals surface area (Å²) in [6.45, 7) is 1.57. The summed E-state index contributed by atoms with van der Waals surface area (Å²) in [5.41, 5.74) is 0.800. The van der Waals surface area contributed by atoms with Crippen molar-refractivity contribution < 1.29 is 19.4 Å². The Balaban J connectivity index is 2.35. The Bertz CT molecular complexity index is 452. The van der Waals surface area contributed by atoms with Gasteiger partial charge in [-0.2, -0.15) is 0 Å². The second kappa shape index (κ2) is 4.35. The topological polar surface area (TPSA) is 57.5 Å². The molecule has 0 amide bonds. The first kappa shape index (κ1) is 11.9. The average molecular weight is 238 g/mol. The normalized spacial score (nSPS) is 16.8. The molecule has 17 heavy (non-hydrogen) atoms. The summed E-state index contributed by atoms with van der Waals surface area (Å²) in [7, 11) is 0. The molecule has 0 aromatic heterocycles. The third-order valence-corrected chi connectivity index (χ3v) is 3.29. The molecule has 92 valence electrons. The third-order valence-electron chi connectivity index (χ3n) is 3.29. The summed E-state index contributed by atoms with van der Waals surface area (Å²) in [5.74, 6) is -1.32. The van der Waals surface area contributed by atoms with E-state index >= 15 is 0 Å². The first-order valence-corrected chi connectivity index (χ1v) is 5.70. The van der Waals surface area contributed by atoms with Crippen LogP contribution in [0, 0.1) is 18.7 Å². The van der Waals surface area contributed by atoms with Gasteiger partial charge in [-0.1, -0.05) is 0 Å². The lowest BCUT2D eigenvalue weighted by Gasteiger charge is -2.16. The number of aliphatic carboxylic acids is 1. The minimum Gasteiger partial charge on any atom is -0.508 e. The molecule has 1 aromatic carbocycles. The molecule has 1 atom stereocenters. The van der Waals surface area contributed by atoms with E-state index in [0.717, 1.165) is 12.8 Å². The van der Waals surface area contributed by atoms with Crippen molar-refractivity contribution >= 4 is 5.97 Å². The van der Waals surface area contributed by atoms with Gasteiger partial charge in [0.2, 0.25) is 0 Å². The van der Waals surface area contributed by atoms with Gasteiger partial charge in [0.15, 0.2) is 0 Å². The zero-order valence-corrected chi connectivity index (χ0v) is 9.61. The van der Waals surface area contributed by atoms with Crippen molar-refractivity contribution in [1.29, 1.82) is 0 Å². The van der Waals surface area contributed by atoms with Crippen LogP contribution in [0.2, 0.25) is 0 Å². The van der Waals surface area contributed by atoms with Gasteiger partial charge >= 0.3 is 5.97 Å². The molecule has 0 spiro atoms. The summed E-state index contributed by atoms with van der Waals surface area (Å²) in [6.07, 6.45) is 1.85. The lowest BCUT2D eigenvalue weighted by molar-refractivity contribution is -0.137. The van der Waals surface area contributed by atoms with Crippen LogP contribution in [-0.4, -0.2) is 16.2 Å². The predicted molar refractivity (Wildman–Crippen MR) is 60.5 cm³/mol. The molecular formula is C13H15FO3. The number of benzene rings is 1. The van der Waals surface area contributed by atoms with Gasteiger partial charge in [-0.3, -0.25) is 4.79 Å². The number of halogens is 1. The number of aromatic hydroxyl groups is 1. The Morgan fingerprint density at radius 3 is 2.71 bits per heavy atom. The smallest absolute Gasteiger partial charge is 0.303 e. The van der Waals surface area contributed by atoms with Crippen LogP contribution in [0.15, 0.2) is 12.1 Å². The van der Waals surface area contributed by atoms with Gasteiger partial charge in [-0.15, -0.1) is 0 Å². The van der Waals surface area contributed by atoms with Gasteiger partial charge in [0.1, 0.15) is 11.6 Å². The van der Waals surface area contributed by atoms with Crippen LogP contribution in [0.3, 0.4) is 0 Å². The molecule has 1 aliphatic rings. The van der Waals surface area contributed by atoms with Crippen LogP contribution in [-0.2, 0) is 4.79 Å². The second-order valence-electron chi connectivity index (χ2n) is 4.70. The maximum absolute atomic E-state index is 13.5. The van der Waals surface area contributed by atoms with Crippen molar-refractivity contribution in [1.82, 2.24) is 0 Å². The molecule has 1 unspecified atom stereocenters. The van der Waals surface area contributed by atoms with Gasteiger partial charge in [0.05, 0.1) is 6.42 Å². The molecule has 1 fully saturated rings. The highest BCUT2D eigenvalue weighted by Gasteiger charge is 2.35. The predicted octanol–water partition coefficient (Wildman–Crippen LogP) is 2.81. The first-order valence-electron chi connectivity index (χ1n) is 5.70. The maximum Gasteiger partial charge on any atom is 0.303 e. The van der Waals surface area contributed by atoms with E-state index in [9.17, 15) is 14.3 Å². The molecule has 2 N–H and O–H groups in total. The van der Waals surface area contributed by atoms with E-state index in [1.807, 2.05) is 0 Å². The van der Waals surface area contributed by atoms with E-state index in [1.165, 1.54) is 12.1 Å². The van der Waals surface area contributed by atoms with Crippen LogP contribution in [0.1, 0.15) is 36.3 Å². The molecule has 2 rings (SSSR count). The number of carboxylic acids is 1. The van der Waals surface area contributed by atoms with Crippen LogP contribution in [0.4, 0.5) is 4.39 Å². The zero-order valence-electron chi connectivity index (χ0n) is 9.61. The average Bonchev–Trinajstić information content (AvgIpc) is 3.04. The van der Waals surface area contributed by atoms with E-state index < -0.39 is 11.8 Å². The van der Waals surface area contributed by atoms with Crippen molar-refractivity contribution in [3.8, 4) is 5.75 Å². The number of rotatable bonds is 4. The molecular weight excluding hydrogens is 223 g/mol. The van der Waals surface area contributed by atoms with Crippen LogP contribution in [0.5, 0.6) is 5.75 Å². The molecule has 1 aromatic rings. The summed E-state index contributed by atoms with van der Waals surface area (Å²) in [4.78, 5) is 10.8. The molecule has 0 saturated heterocycles. The van der Waals surface area contributed by atoms with Gasteiger partial charge in [-0.05, 0) is 43.4 Å². The number of phenolic OH excluding ortho intramolecular Hbond substituents is 1. The Morgan fingerprint density at radius 1 is 1.53 bits per heavy atom. The van der Waals surface area contributed by atoms with Crippen LogP contribution in [0.25, 0.3) is 0 Å². The summed E-state index contributed by atoms with van der Waals surface area (Å²) < 4.78 is 13.5. The first-order chi connectivity index (χ1) is 7.99. The number of hydrogen-bond acceptors (Lipinski definition) is 2. The quantitative estimate of drug-likeness (QED) is 0.848. The van der Waals surface area contributed by atoms with Crippen LogP contribution >= 0.6 is 0 Å². The fourth-order valence-electron chi connectivity index (χ4n) is 2.20. The van der Waals surface area contributed by atoms with E-state index in [1.54, 1.807) is 6.92 Å². The Morgan fingerprint density at radius 2 is 2.18 bits per heavy atom. The van der Waals surface area contributed by atoms with Gasteiger partial charge in [0.25, 0.3) is 0 Å². The lowest BCUT2D eigenvalue weighted by Crippen LogP contribution is -2.09. The van der Waals surface area contributed by atoms with Crippen molar-refractivity contribution in [3.05, 3.63) is 29.1 Å². The van der Waals surface area contributed by atoms with Crippen molar-refractivity contribution in [2.75, 3.05) is 0 Å². The monoisotopic (exact) mass is 238 g/mol. The summed E-state index contributed by atoms with van der Waals surface area (Å²) in [5, 5.41) is 18.7. The van der Waals surface area contributed by atoms with Crippen molar-refractivity contribution in [3.63, 3.8) is 0 Å². The van der Waals surface area contributed by atoms with Crippen molar-refractivity contribution in [2.45, 2.75) is 32.1 Å². The van der Waals surface area contributed by atoms with Gasteiger partial charge in [0, 0.05) is 11.5 Å². The molecule has 0 bridgehead atoms. The molecule has 0 aliphatic heterocycles. The summed E-state index contributed by atoms with van der Waals surface area (Å²) in [6, 6.07) is 2.64. The van der Waals surface area contributed by atoms with Gasteiger partial charge in [-0.25, -0.2) is 4.39 Å². The Hall–Kier alpha value is -1.58. The third kappa shape index (κ3) is 2.57. The number of carboxylic acid groups (broad SMARTS) is 1. The molecule has 1 aliphatic carbocycles. The highest BCUT2D eigenvalue weighted by atomic mass is 19.1. The van der Waals surface area contributed by atoms with E-state index in [-0.39, 0.29) is 24.0 Å². The Labute approximate surface area is 98.9 Å². The fraction of sp³-hybridized carbons (Fsp3) is 0.462. The summed E-state index contributed by atoms with van der Waals surface area (Å²) >= 11 is 0. The number of hydrogen-bond donors (Lipinski definition) is 2. The maximum atomic E-state index is 13.5. The highest BCUT2D eigenvalue weighted by molar-refractivity contribution is 5.68. The van der Waals surface area contributed by atoms with Gasteiger partial charge < -0.3 is 10.2 Å². The van der Waals surface area contributed by atoms with E-state index in [4.69, 9.17) is 5.11 Å². The zero-order chi connectivity index (χ0) is 12.6. The Kier molecular flexibility index (Phi) is 3.05. The standard InChI is InChI=1S/C13H15FO3/c1-7-4-12(15)10(5-11(7)14)9(6-13(16)17)8-2-3-8/h4-5,8-9,15H,2-3,6H2,1H3,(H,16,17). The fourth-order valence-corrected chi connectivity index (χ4v) is 2.20. The molecule has 0 heterocycles. The minimum absolute atomic E-state index is 0.00190. The highest BCUT2D eigenvalue weighted by Crippen LogP contribution is 2.47. The second-order valence-corrected chi connectivity index (χ2v) is 4.70. The number of phenols is 1. The molecule has 4 heteroatoms. The van der Waals surface area contributed by atoms with E-state index in [0.29, 0.717) is 11.1 Å². The number of aryl methyl sites for hydroxylation is 1. The molecule has 0 radical (unpaired) electrons. The SMILES string of the molecule is Cc1cc(O)c(C(CC(=O)O)C2CC2)cc1F. The lowest BCUT2D eigenvalue weighted by atomic mass is 9.89. The van der Waals surface area contributed by atoms with E-state index in [2.05, 4.69) is 0 Å². The molecule has 1 saturated carbocycles. The number of carbonyl (C=O) groups is 1.